The van der Waals surface area contributed by atoms with E-state index in [1.807, 2.05) is 44.3 Å². The third-order valence-corrected chi connectivity index (χ3v) is 6.28. The zero-order valence-electron chi connectivity index (χ0n) is 17.5. The number of nitrogens with one attached hydrogen (secondary N) is 1. The number of thioether (sulfide) groups is 1. The van der Waals surface area contributed by atoms with E-state index < -0.39 is 0 Å². The Kier molecular flexibility index (Phi) is 5.07. The summed E-state index contributed by atoms with van der Waals surface area (Å²) in [5.74, 6) is 2.10. The van der Waals surface area contributed by atoms with Gasteiger partial charge in [-0.2, -0.15) is 4.98 Å². The summed E-state index contributed by atoms with van der Waals surface area (Å²) in [6.45, 7) is 6.15. The van der Waals surface area contributed by atoms with Gasteiger partial charge in [-0.15, -0.1) is 10.2 Å². The maximum Gasteiger partial charge on any atom is 0.239 e. The minimum atomic E-state index is -0.0596. The van der Waals surface area contributed by atoms with Crippen LogP contribution in [0.2, 0.25) is 0 Å². The monoisotopic (exact) mass is 430 g/mol. The minimum absolute atomic E-state index is 0.0596. The van der Waals surface area contributed by atoms with Crippen LogP contribution in [0, 0.1) is 6.92 Å². The van der Waals surface area contributed by atoms with Gasteiger partial charge < -0.3 is 9.51 Å². The summed E-state index contributed by atoms with van der Waals surface area (Å²) in [6, 6.07) is 16.5. The van der Waals surface area contributed by atoms with Crippen LogP contribution in [0.4, 0.5) is 0 Å². The molecule has 2 aromatic carbocycles. The number of hydrogen-bond acceptors (Lipinski definition) is 6. The molecule has 5 rings (SSSR count). The molecule has 0 bridgehead atoms. The third-order valence-electron chi connectivity index (χ3n) is 5.25. The SMILES string of the molecule is CCc1noc(C(C)Sc2nnc(-c3c[nH]c4ccccc34)n2-c2ccccc2C)n1. The van der Waals surface area contributed by atoms with E-state index in [2.05, 4.69) is 61.1 Å². The smallest absolute Gasteiger partial charge is 0.239 e. The number of rotatable bonds is 6. The lowest BCUT2D eigenvalue weighted by Crippen LogP contribution is -2.02. The molecule has 1 atom stereocenters. The van der Waals surface area contributed by atoms with Crippen LogP contribution < -0.4 is 0 Å². The van der Waals surface area contributed by atoms with Gasteiger partial charge in [0.1, 0.15) is 0 Å². The number of benzene rings is 2. The van der Waals surface area contributed by atoms with Crippen LogP contribution in [-0.2, 0) is 6.42 Å². The van der Waals surface area contributed by atoms with Crippen molar-refractivity contribution < 1.29 is 4.52 Å². The molecule has 7 nitrogen and oxygen atoms in total. The van der Waals surface area contributed by atoms with Crippen LogP contribution in [0.1, 0.15) is 36.4 Å². The van der Waals surface area contributed by atoms with Gasteiger partial charge in [0.25, 0.3) is 0 Å². The summed E-state index contributed by atoms with van der Waals surface area (Å²) in [7, 11) is 0. The Morgan fingerprint density at radius 1 is 1.10 bits per heavy atom. The highest BCUT2D eigenvalue weighted by Crippen LogP contribution is 2.38. The number of aryl methyl sites for hydroxylation is 2. The van der Waals surface area contributed by atoms with Gasteiger partial charge in [-0.05, 0) is 31.5 Å². The average Bonchev–Trinajstić information content (AvgIpc) is 3.52. The molecule has 1 unspecified atom stereocenters. The normalized spacial score (nSPS) is 12.5. The van der Waals surface area contributed by atoms with E-state index in [-0.39, 0.29) is 5.25 Å². The number of fused-ring (bicyclic) bond motifs is 1. The first-order valence-electron chi connectivity index (χ1n) is 10.2. The highest BCUT2D eigenvalue weighted by Gasteiger charge is 2.24. The molecule has 0 aliphatic heterocycles. The van der Waals surface area contributed by atoms with Gasteiger partial charge in [0.15, 0.2) is 16.8 Å². The summed E-state index contributed by atoms with van der Waals surface area (Å²) in [5.41, 5.74) is 4.26. The van der Waals surface area contributed by atoms with Crippen molar-refractivity contribution in [2.75, 3.05) is 0 Å². The zero-order chi connectivity index (χ0) is 21.4. The van der Waals surface area contributed by atoms with Crippen molar-refractivity contribution >= 4 is 22.7 Å². The molecule has 0 saturated carbocycles. The molecular formula is C23H22N6OS. The van der Waals surface area contributed by atoms with Crippen molar-refractivity contribution in [1.29, 1.82) is 0 Å². The van der Waals surface area contributed by atoms with Crippen LogP contribution in [0.3, 0.4) is 0 Å². The first-order valence-corrected chi connectivity index (χ1v) is 11.1. The molecule has 0 aliphatic carbocycles. The molecule has 156 valence electrons. The predicted molar refractivity (Wildman–Crippen MR) is 121 cm³/mol. The maximum atomic E-state index is 5.45. The largest absolute Gasteiger partial charge is 0.360 e. The Morgan fingerprint density at radius 2 is 1.90 bits per heavy atom. The molecule has 0 radical (unpaired) electrons. The number of aromatic nitrogens is 6. The van der Waals surface area contributed by atoms with Gasteiger partial charge >= 0.3 is 0 Å². The fraction of sp³-hybridized carbons (Fsp3) is 0.217. The summed E-state index contributed by atoms with van der Waals surface area (Å²) in [6.07, 6.45) is 2.73. The average molecular weight is 431 g/mol. The standard InChI is InChI=1S/C23H22N6OS/c1-4-20-25-22(30-28-20)15(3)31-23-27-26-21(29(23)19-12-8-5-9-14(19)2)17-13-24-18-11-7-6-10-16(17)18/h5-13,15,24H,4H2,1-3H3. The van der Waals surface area contributed by atoms with Gasteiger partial charge in [-0.3, -0.25) is 4.57 Å². The molecular weight excluding hydrogens is 408 g/mol. The maximum absolute atomic E-state index is 5.45. The van der Waals surface area contributed by atoms with Crippen LogP contribution >= 0.6 is 11.8 Å². The topological polar surface area (TPSA) is 85.4 Å². The van der Waals surface area contributed by atoms with Crippen molar-refractivity contribution in [3.63, 3.8) is 0 Å². The molecule has 1 N–H and O–H groups in total. The summed E-state index contributed by atoms with van der Waals surface area (Å²) >= 11 is 1.56. The Labute approximate surface area is 183 Å². The lowest BCUT2D eigenvalue weighted by atomic mass is 10.1. The van der Waals surface area contributed by atoms with Crippen LogP contribution in [-0.4, -0.2) is 29.9 Å². The number of H-pyrrole nitrogens is 1. The van der Waals surface area contributed by atoms with E-state index in [9.17, 15) is 0 Å². The molecule has 3 aromatic heterocycles. The predicted octanol–water partition coefficient (Wildman–Crippen LogP) is 5.52. The fourth-order valence-corrected chi connectivity index (χ4v) is 4.48. The number of nitrogens with zero attached hydrogens (tertiary/aromatic N) is 5. The third kappa shape index (κ3) is 3.53. The number of hydrogen-bond donors (Lipinski definition) is 1. The zero-order valence-corrected chi connectivity index (χ0v) is 18.3. The fourth-order valence-electron chi connectivity index (χ4n) is 3.59. The second-order valence-corrected chi connectivity index (χ2v) is 8.65. The minimum Gasteiger partial charge on any atom is -0.360 e. The van der Waals surface area contributed by atoms with Gasteiger partial charge in [-0.1, -0.05) is 60.2 Å². The van der Waals surface area contributed by atoms with Crippen molar-refractivity contribution in [2.24, 2.45) is 0 Å². The van der Waals surface area contributed by atoms with E-state index in [0.29, 0.717) is 11.7 Å². The van der Waals surface area contributed by atoms with E-state index in [1.165, 1.54) is 0 Å². The Bertz CT molecular complexity index is 1350. The Morgan fingerprint density at radius 3 is 2.71 bits per heavy atom. The summed E-state index contributed by atoms with van der Waals surface area (Å²) in [5, 5.41) is 15.0. The molecule has 5 aromatic rings. The quantitative estimate of drug-likeness (QED) is 0.357. The molecule has 3 heterocycles. The van der Waals surface area contributed by atoms with E-state index >= 15 is 0 Å². The summed E-state index contributed by atoms with van der Waals surface area (Å²) in [4.78, 5) is 7.83. The van der Waals surface area contributed by atoms with Crippen LogP contribution in [0.5, 0.6) is 0 Å². The lowest BCUT2D eigenvalue weighted by molar-refractivity contribution is 0.375. The first kappa shape index (κ1) is 19.6. The van der Waals surface area contributed by atoms with Gasteiger partial charge in [-0.25, -0.2) is 0 Å². The van der Waals surface area contributed by atoms with Crippen molar-refractivity contribution in [2.45, 2.75) is 37.6 Å². The molecule has 0 aliphatic rings. The second-order valence-electron chi connectivity index (χ2n) is 7.34. The summed E-state index contributed by atoms with van der Waals surface area (Å²) < 4.78 is 7.57. The molecule has 0 fully saturated rings. The lowest BCUT2D eigenvalue weighted by Gasteiger charge is -2.13. The number of aromatic amines is 1. The molecule has 0 saturated heterocycles. The van der Waals surface area contributed by atoms with E-state index in [0.717, 1.165) is 45.1 Å². The second kappa shape index (κ2) is 8.03. The van der Waals surface area contributed by atoms with Gasteiger partial charge in [0.05, 0.1) is 10.9 Å². The highest BCUT2D eigenvalue weighted by atomic mass is 32.2. The van der Waals surface area contributed by atoms with Gasteiger partial charge in [0, 0.05) is 29.1 Å². The van der Waals surface area contributed by atoms with Crippen molar-refractivity contribution in [1.82, 2.24) is 29.9 Å². The van der Waals surface area contributed by atoms with E-state index in [4.69, 9.17) is 4.52 Å². The van der Waals surface area contributed by atoms with Crippen molar-refractivity contribution in [3.8, 4) is 17.1 Å². The molecule has 8 heteroatoms. The van der Waals surface area contributed by atoms with Gasteiger partial charge in [0.2, 0.25) is 5.89 Å². The molecule has 0 spiro atoms. The van der Waals surface area contributed by atoms with Crippen LogP contribution in [0.15, 0.2) is 64.4 Å². The Balaban J connectivity index is 1.63. The van der Waals surface area contributed by atoms with E-state index in [1.54, 1.807) is 11.8 Å². The number of para-hydroxylation sites is 2. The molecule has 31 heavy (non-hydrogen) atoms. The highest BCUT2D eigenvalue weighted by molar-refractivity contribution is 7.99. The Hall–Kier alpha value is -3.39. The molecule has 0 amide bonds. The van der Waals surface area contributed by atoms with Crippen molar-refractivity contribution in [3.05, 3.63) is 72.0 Å². The first-order chi connectivity index (χ1) is 15.2. The van der Waals surface area contributed by atoms with Crippen LogP contribution in [0.25, 0.3) is 28.0 Å².